The highest BCUT2D eigenvalue weighted by Crippen LogP contribution is 2.21. The van der Waals surface area contributed by atoms with Crippen molar-refractivity contribution in [3.05, 3.63) is 0 Å². The molecule has 31 heavy (non-hydrogen) atoms. The summed E-state index contributed by atoms with van der Waals surface area (Å²) >= 11 is 0. The van der Waals surface area contributed by atoms with Gasteiger partial charge >= 0.3 is 0 Å². The van der Waals surface area contributed by atoms with Crippen LogP contribution in [0.3, 0.4) is 0 Å². The number of carbonyl (C=O) groups is 2. The van der Waals surface area contributed by atoms with Gasteiger partial charge in [0.1, 0.15) is 11.6 Å². The molecule has 0 N–H and O–H groups in total. The maximum absolute atomic E-state index is 12.9. The Hall–Kier alpha value is -1.21. The number of hydrogen-bond acceptors (Lipinski definition) is 4. The lowest BCUT2D eigenvalue weighted by Gasteiger charge is -2.21. The number of nitriles is 1. The summed E-state index contributed by atoms with van der Waals surface area (Å²) in [5, 5.41) is 8.70. The second-order valence-corrected chi connectivity index (χ2v) is 9.17. The van der Waals surface area contributed by atoms with Gasteiger partial charge in [0.2, 0.25) is 0 Å². The molecule has 0 aromatic heterocycles. The van der Waals surface area contributed by atoms with Gasteiger partial charge < -0.3 is 9.69 Å². The minimum Gasteiger partial charge on any atom is -0.304 e. The van der Waals surface area contributed by atoms with Gasteiger partial charge in [-0.15, -0.1) is 0 Å². The number of ketones is 2. The fourth-order valence-electron chi connectivity index (χ4n) is 4.23. The third-order valence-corrected chi connectivity index (χ3v) is 6.30. The first kappa shape index (κ1) is 29.8. The van der Waals surface area contributed by atoms with Gasteiger partial charge in [0.15, 0.2) is 0 Å². The van der Waals surface area contributed by atoms with E-state index in [1.54, 1.807) is 6.92 Å². The van der Waals surface area contributed by atoms with Gasteiger partial charge in [-0.25, -0.2) is 0 Å². The summed E-state index contributed by atoms with van der Waals surface area (Å²) in [7, 11) is 0. The molecule has 0 aliphatic carbocycles. The van der Waals surface area contributed by atoms with E-state index in [0.717, 1.165) is 71.0 Å². The summed E-state index contributed by atoms with van der Waals surface area (Å²) in [4.78, 5) is 26.4. The van der Waals surface area contributed by atoms with E-state index in [9.17, 15) is 9.59 Å². The molecule has 0 rings (SSSR count). The van der Waals surface area contributed by atoms with Crippen molar-refractivity contribution in [1.82, 2.24) is 4.90 Å². The first-order chi connectivity index (χ1) is 15.0. The van der Waals surface area contributed by atoms with Crippen molar-refractivity contribution in [3.8, 4) is 6.07 Å². The lowest BCUT2D eigenvalue weighted by Crippen LogP contribution is -2.27. The molecule has 180 valence electrons. The van der Waals surface area contributed by atoms with Crippen molar-refractivity contribution in [2.75, 3.05) is 19.6 Å². The van der Waals surface area contributed by atoms with E-state index in [2.05, 4.69) is 24.8 Å². The highest BCUT2D eigenvalue weighted by Gasteiger charge is 2.17. The first-order valence-corrected chi connectivity index (χ1v) is 13.2. The Balaban J connectivity index is 4.27. The summed E-state index contributed by atoms with van der Waals surface area (Å²) in [6, 6.07) is 2.22. The van der Waals surface area contributed by atoms with Crippen LogP contribution in [0, 0.1) is 17.2 Å². The SMILES string of the molecule is CCCCCCCCC(CCCCCC#N)C(=O)CCCN(CC)CCCCC(C)=O. The molecule has 0 spiro atoms. The van der Waals surface area contributed by atoms with Crippen LogP contribution < -0.4 is 0 Å². The molecule has 1 unspecified atom stereocenters. The largest absolute Gasteiger partial charge is 0.304 e. The quantitative estimate of drug-likeness (QED) is 0.159. The van der Waals surface area contributed by atoms with Crippen LogP contribution in [0.5, 0.6) is 0 Å². The van der Waals surface area contributed by atoms with Crippen LogP contribution in [-0.4, -0.2) is 36.1 Å². The molecular weight excluding hydrogens is 384 g/mol. The number of nitrogens with zero attached hydrogens (tertiary/aromatic N) is 2. The fraction of sp³-hybridized carbons (Fsp3) is 0.889. The molecule has 1 atom stereocenters. The van der Waals surface area contributed by atoms with E-state index in [4.69, 9.17) is 5.26 Å². The second kappa shape index (κ2) is 22.0. The summed E-state index contributed by atoms with van der Waals surface area (Å²) in [5.41, 5.74) is 0. The van der Waals surface area contributed by atoms with Gasteiger partial charge in [0.05, 0.1) is 6.07 Å². The number of Topliss-reactive ketones (excluding diaryl/α,β-unsaturated/α-hetero) is 2. The third kappa shape index (κ3) is 19.2. The average molecular weight is 435 g/mol. The Kier molecular flexibility index (Phi) is 21.1. The Bertz CT molecular complexity index is 484. The summed E-state index contributed by atoms with van der Waals surface area (Å²) < 4.78 is 0. The maximum Gasteiger partial charge on any atom is 0.136 e. The highest BCUT2D eigenvalue weighted by atomic mass is 16.1. The summed E-state index contributed by atoms with van der Waals surface area (Å²) in [5.74, 6) is 0.957. The summed E-state index contributed by atoms with van der Waals surface area (Å²) in [6.07, 6.45) is 17.8. The monoisotopic (exact) mass is 434 g/mol. The lowest BCUT2D eigenvalue weighted by atomic mass is 9.89. The van der Waals surface area contributed by atoms with Crippen molar-refractivity contribution < 1.29 is 9.59 Å². The number of rotatable bonds is 23. The van der Waals surface area contributed by atoms with Crippen LogP contribution in [0.2, 0.25) is 0 Å². The van der Waals surface area contributed by atoms with Crippen molar-refractivity contribution >= 4 is 11.6 Å². The number of unbranched alkanes of at least 4 members (excludes halogenated alkanes) is 9. The highest BCUT2D eigenvalue weighted by molar-refractivity contribution is 5.80. The van der Waals surface area contributed by atoms with Gasteiger partial charge in [-0.05, 0) is 65.1 Å². The smallest absolute Gasteiger partial charge is 0.136 e. The van der Waals surface area contributed by atoms with E-state index >= 15 is 0 Å². The molecular formula is C27H50N2O2. The average Bonchev–Trinajstić information content (AvgIpc) is 2.75. The molecule has 0 aliphatic heterocycles. The Morgan fingerprint density at radius 2 is 1.39 bits per heavy atom. The van der Waals surface area contributed by atoms with E-state index in [1.165, 1.54) is 38.5 Å². The topological polar surface area (TPSA) is 61.2 Å². The predicted molar refractivity (Wildman–Crippen MR) is 131 cm³/mol. The maximum atomic E-state index is 12.9. The van der Waals surface area contributed by atoms with E-state index in [-0.39, 0.29) is 11.7 Å². The zero-order chi connectivity index (χ0) is 23.2. The molecule has 0 amide bonds. The Labute approximate surface area is 193 Å². The van der Waals surface area contributed by atoms with Crippen molar-refractivity contribution in [2.24, 2.45) is 5.92 Å². The fourth-order valence-corrected chi connectivity index (χ4v) is 4.23. The molecule has 0 aliphatic rings. The first-order valence-electron chi connectivity index (χ1n) is 13.2. The van der Waals surface area contributed by atoms with Gasteiger partial charge in [-0.3, -0.25) is 4.79 Å². The molecule has 0 aromatic carbocycles. The van der Waals surface area contributed by atoms with Crippen LogP contribution in [0.1, 0.15) is 130 Å². The molecule has 0 saturated heterocycles. The number of carbonyl (C=O) groups excluding carboxylic acids is 2. The van der Waals surface area contributed by atoms with Crippen LogP contribution in [0.15, 0.2) is 0 Å². The predicted octanol–water partition coefficient (Wildman–Crippen LogP) is 7.26. The molecule has 4 heteroatoms. The molecule has 0 saturated carbocycles. The van der Waals surface area contributed by atoms with Crippen molar-refractivity contribution in [3.63, 3.8) is 0 Å². The van der Waals surface area contributed by atoms with E-state index < -0.39 is 0 Å². The van der Waals surface area contributed by atoms with Crippen molar-refractivity contribution in [2.45, 2.75) is 130 Å². The molecule has 0 fully saturated rings. The Morgan fingerprint density at radius 1 is 0.774 bits per heavy atom. The second-order valence-electron chi connectivity index (χ2n) is 9.17. The standard InChI is InChI=1S/C27H50N2O2/c1-4-6-7-8-9-12-19-26(20-13-10-11-15-22-28)27(31)21-17-24-29(5-2)23-16-14-18-25(3)30/h26H,4-21,23-24H2,1-3H3. The Morgan fingerprint density at radius 3 is 2.00 bits per heavy atom. The minimum absolute atomic E-state index is 0.221. The van der Waals surface area contributed by atoms with E-state index in [0.29, 0.717) is 25.0 Å². The minimum atomic E-state index is 0.221. The molecule has 0 heterocycles. The van der Waals surface area contributed by atoms with Crippen LogP contribution in [0.25, 0.3) is 0 Å². The van der Waals surface area contributed by atoms with Crippen molar-refractivity contribution in [1.29, 1.82) is 5.26 Å². The van der Waals surface area contributed by atoms with Crippen LogP contribution in [-0.2, 0) is 9.59 Å². The van der Waals surface area contributed by atoms with Gasteiger partial charge in [-0.2, -0.15) is 5.26 Å². The zero-order valence-electron chi connectivity index (χ0n) is 20.9. The van der Waals surface area contributed by atoms with Crippen LogP contribution >= 0.6 is 0 Å². The summed E-state index contributed by atoms with van der Waals surface area (Å²) in [6.45, 7) is 9.09. The van der Waals surface area contributed by atoms with Crippen LogP contribution in [0.4, 0.5) is 0 Å². The zero-order valence-corrected chi connectivity index (χ0v) is 20.9. The van der Waals surface area contributed by atoms with Gasteiger partial charge in [0.25, 0.3) is 0 Å². The van der Waals surface area contributed by atoms with E-state index in [1.807, 2.05) is 0 Å². The lowest BCUT2D eigenvalue weighted by molar-refractivity contribution is -0.123. The molecule has 0 radical (unpaired) electrons. The normalized spacial score (nSPS) is 12.1. The van der Waals surface area contributed by atoms with Gasteiger partial charge in [-0.1, -0.05) is 65.2 Å². The third-order valence-electron chi connectivity index (χ3n) is 6.30. The van der Waals surface area contributed by atoms with Gasteiger partial charge in [0, 0.05) is 25.2 Å². The number of hydrogen-bond donors (Lipinski definition) is 0. The molecule has 4 nitrogen and oxygen atoms in total. The molecule has 0 bridgehead atoms. The molecule has 0 aromatic rings.